The van der Waals surface area contributed by atoms with Gasteiger partial charge in [0.25, 0.3) is 0 Å². The van der Waals surface area contributed by atoms with Gasteiger partial charge in [0.05, 0.1) is 6.10 Å². The van der Waals surface area contributed by atoms with E-state index < -0.39 is 0 Å². The van der Waals surface area contributed by atoms with Crippen molar-refractivity contribution in [3.05, 3.63) is 53.1 Å². The van der Waals surface area contributed by atoms with Crippen LogP contribution < -0.4 is 9.47 Å². The van der Waals surface area contributed by atoms with Gasteiger partial charge in [-0.3, -0.25) is 0 Å². The third kappa shape index (κ3) is 5.02. The highest BCUT2D eigenvalue weighted by atomic mass is 16.5. The van der Waals surface area contributed by atoms with Gasteiger partial charge in [-0.2, -0.15) is 0 Å². The lowest BCUT2D eigenvalue weighted by Gasteiger charge is -2.17. The van der Waals surface area contributed by atoms with Crippen molar-refractivity contribution in [3.63, 3.8) is 0 Å². The maximum absolute atomic E-state index is 6.00. The Morgan fingerprint density at radius 2 is 1.39 bits per heavy atom. The first-order valence-electron chi connectivity index (χ1n) is 8.40. The molecule has 0 fully saturated rings. The molecule has 2 nitrogen and oxygen atoms in total. The largest absolute Gasteiger partial charge is 0.490 e. The first-order chi connectivity index (χ1) is 10.8. The van der Waals surface area contributed by atoms with E-state index in [2.05, 4.69) is 39.8 Å². The van der Waals surface area contributed by atoms with E-state index >= 15 is 0 Å². The Bertz CT molecular complexity index is 616. The van der Waals surface area contributed by atoms with E-state index in [1.165, 1.54) is 5.56 Å². The minimum Gasteiger partial charge on any atom is -0.490 e. The summed E-state index contributed by atoms with van der Waals surface area (Å²) in [6.07, 6.45) is 1.27. The Hall–Kier alpha value is -1.96. The van der Waals surface area contributed by atoms with Gasteiger partial charge in [0.2, 0.25) is 0 Å². The summed E-state index contributed by atoms with van der Waals surface area (Å²) in [6.45, 7) is 12.7. The number of ether oxygens (including phenoxy) is 2. The van der Waals surface area contributed by atoms with Gasteiger partial charge in [-0.15, -0.1) is 0 Å². The lowest BCUT2D eigenvalue weighted by molar-refractivity contribution is 0.239. The molecular weight excluding hydrogens is 284 g/mol. The van der Waals surface area contributed by atoms with E-state index in [-0.39, 0.29) is 6.10 Å². The van der Waals surface area contributed by atoms with Crippen LogP contribution in [0.15, 0.2) is 36.4 Å². The first kappa shape index (κ1) is 17.4. The summed E-state index contributed by atoms with van der Waals surface area (Å²) in [5.41, 5.74) is 3.55. The first-order valence-corrected chi connectivity index (χ1v) is 8.40. The zero-order valence-corrected chi connectivity index (χ0v) is 15.1. The van der Waals surface area contributed by atoms with Gasteiger partial charge in [-0.1, -0.05) is 26.0 Å². The fraction of sp³-hybridized carbons (Fsp3) is 0.429. The molecule has 0 aromatic heterocycles. The molecule has 0 aliphatic rings. The Labute approximate surface area is 140 Å². The Morgan fingerprint density at radius 3 is 1.87 bits per heavy atom. The second-order valence-corrected chi connectivity index (χ2v) is 6.90. The molecule has 0 aliphatic carbocycles. The van der Waals surface area contributed by atoms with Crippen LogP contribution in [0.2, 0.25) is 0 Å². The summed E-state index contributed by atoms with van der Waals surface area (Å²) in [7, 11) is 0. The van der Waals surface area contributed by atoms with Crippen molar-refractivity contribution >= 4 is 0 Å². The Balaban J connectivity index is 2.14. The zero-order valence-electron chi connectivity index (χ0n) is 15.1. The standard InChI is InChI=1S/C21H28O2/c1-14(2)11-18-7-9-19(10-8-18)23-20-12-16(5)21(17(6)13-20)22-15(3)4/h7-10,12-15H,11H2,1-6H3. The van der Waals surface area contributed by atoms with E-state index in [4.69, 9.17) is 9.47 Å². The highest BCUT2D eigenvalue weighted by Gasteiger charge is 2.09. The predicted octanol–water partition coefficient (Wildman–Crippen LogP) is 6.08. The average molecular weight is 312 g/mol. The molecule has 0 saturated carbocycles. The van der Waals surface area contributed by atoms with Gasteiger partial charge in [-0.25, -0.2) is 0 Å². The van der Waals surface area contributed by atoms with Crippen LogP contribution in [0, 0.1) is 19.8 Å². The van der Waals surface area contributed by atoms with Crippen LogP contribution >= 0.6 is 0 Å². The van der Waals surface area contributed by atoms with Crippen LogP contribution in [0.3, 0.4) is 0 Å². The van der Waals surface area contributed by atoms with Gasteiger partial charge in [0, 0.05) is 0 Å². The second-order valence-electron chi connectivity index (χ2n) is 6.90. The van der Waals surface area contributed by atoms with Crippen LogP contribution in [0.25, 0.3) is 0 Å². The number of benzene rings is 2. The van der Waals surface area contributed by atoms with Gasteiger partial charge in [0.15, 0.2) is 0 Å². The van der Waals surface area contributed by atoms with Gasteiger partial charge < -0.3 is 9.47 Å². The molecular formula is C21H28O2. The molecule has 2 heteroatoms. The molecule has 0 radical (unpaired) electrons. The molecule has 2 aromatic rings. The lowest BCUT2D eigenvalue weighted by atomic mass is 10.0. The number of aryl methyl sites for hydroxylation is 2. The summed E-state index contributed by atoms with van der Waals surface area (Å²) >= 11 is 0. The van der Waals surface area contributed by atoms with Crippen molar-refractivity contribution < 1.29 is 9.47 Å². The van der Waals surface area contributed by atoms with E-state index in [1.807, 2.05) is 38.1 Å². The second kappa shape index (κ2) is 7.54. The highest BCUT2D eigenvalue weighted by Crippen LogP contribution is 2.31. The van der Waals surface area contributed by atoms with Crippen LogP contribution in [-0.4, -0.2) is 6.10 Å². The predicted molar refractivity (Wildman–Crippen MR) is 96.7 cm³/mol. The van der Waals surface area contributed by atoms with Crippen molar-refractivity contribution in [2.45, 2.75) is 54.1 Å². The fourth-order valence-electron chi connectivity index (χ4n) is 2.69. The molecule has 0 bridgehead atoms. The van der Waals surface area contributed by atoms with Crippen molar-refractivity contribution in [1.29, 1.82) is 0 Å². The van der Waals surface area contributed by atoms with E-state index in [0.29, 0.717) is 5.92 Å². The van der Waals surface area contributed by atoms with Crippen molar-refractivity contribution in [2.24, 2.45) is 5.92 Å². The Kier molecular flexibility index (Phi) is 5.70. The van der Waals surface area contributed by atoms with Crippen molar-refractivity contribution in [1.82, 2.24) is 0 Å². The molecule has 0 N–H and O–H groups in total. The van der Waals surface area contributed by atoms with Gasteiger partial charge in [-0.05, 0) is 81.0 Å². The third-order valence-electron chi connectivity index (χ3n) is 3.59. The molecule has 0 aliphatic heterocycles. The number of hydrogen-bond acceptors (Lipinski definition) is 2. The van der Waals surface area contributed by atoms with Crippen LogP contribution in [-0.2, 0) is 6.42 Å². The average Bonchev–Trinajstić information content (AvgIpc) is 2.44. The van der Waals surface area contributed by atoms with Crippen molar-refractivity contribution in [3.8, 4) is 17.2 Å². The van der Waals surface area contributed by atoms with E-state index in [0.717, 1.165) is 34.8 Å². The van der Waals surface area contributed by atoms with E-state index in [9.17, 15) is 0 Å². The molecule has 23 heavy (non-hydrogen) atoms. The molecule has 124 valence electrons. The van der Waals surface area contributed by atoms with Crippen LogP contribution in [0.4, 0.5) is 0 Å². The fourth-order valence-corrected chi connectivity index (χ4v) is 2.69. The summed E-state index contributed by atoms with van der Waals surface area (Å²) in [5.74, 6) is 3.35. The van der Waals surface area contributed by atoms with Crippen molar-refractivity contribution in [2.75, 3.05) is 0 Å². The topological polar surface area (TPSA) is 18.5 Å². The molecule has 0 saturated heterocycles. The normalized spacial score (nSPS) is 11.1. The maximum Gasteiger partial charge on any atom is 0.128 e. The molecule has 0 spiro atoms. The summed E-state index contributed by atoms with van der Waals surface area (Å²) in [4.78, 5) is 0. The molecule has 0 heterocycles. The molecule has 2 rings (SSSR count). The van der Waals surface area contributed by atoms with E-state index in [1.54, 1.807) is 0 Å². The third-order valence-corrected chi connectivity index (χ3v) is 3.59. The zero-order chi connectivity index (χ0) is 17.0. The van der Waals surface area contributed by atoms with Gasteiger partial charge >= 0.3 is 0 Å². The summed E-state index contributed by atoms with van der Waals surface area (Å²) in [5, 5.41) is 0. The summed E-state index contributed by atoms with van der Waals surface area (Å²) < 4.78 is 11.9. The molecule has 0 unspecified atom stereocenters. The quantitative estimate of drug-likeness (QED) is 0.643. The van der Waals surface area contributed by atoms with Crippen LogP contribution in [0.5, 0.6) is 17.2 Å². The minimum atomic E-state index is 0.174. The Morgan fingerprint density at radius 1 is 0.826 bits per heavy atom. The highest BCUT2D eigenvalue weighted by molar-refractivity contribution is 5.47. The molecule has 0 atom stereocenters. The molecule has 0 amide bonds. The SMILES string of the molecule is Cc1cc(Oc2ccc(CC(C)C)cc2)cc(C)c1OC(C)C. The summed E-state index contributed by atoms with van der Waals surface area (Å²) in [6, 6.07) is 12.4. The maximum atomic E-state index is 6.00. The van der Waals surface area contributed by atoms with Gasteiger partial charge in [0.1, 0.15) is 17.2 Å². The molecule has 2 aromatic carbocycles. The smallest absolute Gasteiger partial charge is 0.128 e. The monoisotopic (exact) mass is 312 g/mol. The van der Waals surface area contributed by atoms with Crippen LogP contribution in [0.1, 0.15) is 44.4 Å². The lowest BCUT2D eigenvalue weighted by Crippen LogP contribution is -2.08. The number of hydrogen-bond donors (Lipinski definition) is 0. The minimum absolute atomic E-state index is 0.174. The number of rotatable bonds is 6.